The van der Waals surface area contributed by atoms with Gasteiger partial charge in [-0.1, -0.05) is 12.8 Å². The molecular formula is C13H26N2S. The summed E-state index contributed by atoms with van der Waals surface area (Å²) in [6.45, 7) is 7.21. The van der Waals surface area contributed by atoms with E-state index in [0.717, 1.165) is 6.04 Å². The van der Waals surface area contributed by atoms with Gasteiger partial charge in [-0.05, 0) is 32.9 Å². The summed E-state index contributed by atoms with van der Waals surface area (Å²) in [6, 6.07) is 1.43. The minimum absolute atomic E-state index is 0.471. The summed E-state index contributed by atoms with van der Waals surface area (Å²) in [5, 5.41) is 3.82. The van der Waals surface area contributed by atoms with Gasteiger partial charge in [0.2, 0.25) is 0 Å². The standard InChI is InChI=1S/C13H26N2S/c1-11-8-14-13(6-4-5-7-13)10-15(11)12(2)9-16-3/h11-12,14H,4-10H2,1-3H3. The van der Waals surface area contributed by atoms with Crippen LogP contribution in [0.5, 0.6) is 0 Å². The number of hydrogen-bond donors (Lipinski definition) is 1. The van der Waals surface area contributed by atoms with Crippen LogP contribution in [0.1, 0.15) is 39.5 Å². The van der Waals surface area contributed by atoms with Gasteiger partial charge >= 0.3 is 0 Å². The third kappa shape index (κ3) is 2.57. The molecule has 0 aromatic rings. The van der Waals surface area contributed by atoms with Gasteiger partial charge in [0.05, 0.1) is 0 Å². The molecule has 0 aromatic carbocycles. The Labute approximate surface area is 105 Å². The molecular weight excluding hydrogens is 216 g/mol. The van der Waals surface area contributed by atoms with Crippen LogP contribution in [0.2, 0.25) is 0 Å². The zero-order valence-corrected chi connectivity index (χ0v) is 11.8. The van der Waals surface area contributed by atoms with E-state index in [1.54, 1.807) is 0 Å². The molecule has 0 bridgehead atoms. The predicted molar refractivity (Wildman–Crippen MR) is 73.2 cm³/mol. The van der Waals surface area contributed by atoms with Gasteiger partial charge in [-0.25, -0.2) is 0 Å². The average molecular weight is 242 g/mol. The number of nitrogens with zero attached hydrogens (tertiary/aromatic N) is 1. The van der Waals surface area contributed by atoms with E-state index in [0.29, 0.717) is 11.6 Å². The van der Waals surface area contributed by atoms with Gasteiger partial charge in [0.1, 0.15) is 0 Å². The van der Waals surface area contributed by atoms with Gasteiger partial charge in [-0.2, -0.15) is 11.8 Å². The van der Waals surface area contributed by atoms with Crippen molar-refractivity contribution in [2.45, 2.75) is 57.2 Å². The van der Waals surface area contributed by atoms with E-state index < -0.39 is 0 Å². The van der Waals surface area contributed by atoms with Crippen LogP contribution in [0.4, 0.5) is 0 Å². The fraction of sp³-hybridized carbons (Fsp3) is 1.00. The maximum atomic E-state index is 3.82. The Bertz CT molecular complexity index is 226. The third-order valence-corrected chi connectivity index (χ3v) is 5.17. The Morgan fingerprint density at radius 3 is 2.75 bits per heavy atom. The molecule has 0 aromatic heterocycles. The summed E-state index contributed by atoms with van der Waals surface area (Å²) in [5.74, 6) is 1.26. The first-order valence-corrected chi connectivity index (χ1v) is 8.06. The average Bonchev–Trinajstić information content (AvgIpc) is 2.71. The second kappa shape index (κ2) is 5.28. The smallest absolute Gasteiger partial charge is 0.0309 e. The first kappa shape index (κ1) is 12.7. The lowest BCUT2D eigenvalue weighted by Crippen LogP contribution is -2.64. The molecule has 2 atom stereocenters. The van der Waals surface area contributed by atoms with Gasteiger partial charge in [0.25, 0.3) is 0 Å². The van der Waals surface area contributed by atoms with Gasteiger partial charge in [0.15, 0.2) is 0 Å². The van der Waals surface area contributed by atoms with Crippen LogP contribution in [0.15, 0.2) is 0 Å². The number of rotatable bonds is 3. The molecule has 1 N–H and O–H groups in total. The van der Waals surface area contributed by atoms with Gasteiger partial charge in [-0.15, -0.1) is 0 Å². The van der Waals surface area contributed by atoms with Crippen molar-refractivity contribution in [3.05, 3.63) is 0 Å². The number of thioether (sulfide) groups is 1. The molecule has 1 aliphatic heterocycles. The van der Waals surface area contributed by atoms with E-state index in [4.69, 9.17) is 0 Å². The molecule has 1 saturated carbocycles. The molecule has 1 saturated heterocycles. The van der Waals surface area contributed by atoms with Crippen LogP contribution in [0, 0.1) is 0 Å². The molecule has 1 heterocycles. The third-order valence-electron chi connectivity index (χ3n) is 4.36. The van der Waals surface area contributed by atoms with E-state index >= 15 is 0 Å². The molecule has 0 amide bonds. The van der Waals surface area contributed by atoms with Crippen LogP contribution in [0.25, 0.3) is 0 Å². The number of piperazine rings is 1. The molecule has 2 aliphatic rings. The van der Waals surface area contributed by atoms with Crippen molar-refractivity contribution in [1.29, 1.82) is 0 Å². The highest BCUT2D eigenvalue weighted by molar-refractivity contribution is 7.98. The molecule has 1 aliphatic carbocycles. The van der Waals surface area contributed by atoms with Crippen LogP contribution < -0.4 is 5.32 Å². The minimum Gasteiger partial charge on any atom is -0.308 e. The maximum absolute atomic E-state index is 3.82. The highest BCUT2D eigenvalue weighted by Crippen LogP contribution is 2.33. The summed E-state index contributed by atoms with van der Waals surface area (Å²) in [5.41, 5.74) is 0.471. The SMILES string of the molecule is CSCC(C)N1CC2(CCCC2)NCC1C. The topological polar surface area (TPSA) is 15.3 Å². The number of nitrogens with one attached hydrogen (secondary N) is 1. The summed E-state index contributed by atoms with van der Waals surface area (Å²) in [7, 11) is 0. The Morgan fingerprint density at radius 1 is 1.44 bits per heavy atom. The van der Waals surface area contributed by atoms with E-state index in [1.165, 1.54) is 44.5 Å². The quantitative estimate of drug-likeness (QED) is 0.818. The van der Waals surface area contributed by atoms with E-state index in [2.05, 4.69) is 30.3 Å². The molecule has 3 heteroatoms. The summed E-state index contributed by atoms with van der Waals surface area (Å²) in [4.78, 5) is 2.73. The molecule has 1 spiro atoms. The van der Waals surface area contributed by atoms with Crippen molar-refractivity contribution in [2.24, 2.45) is 0 Å². The zero-order chi connectivity index (χ0) is 11.6. The zero-order valence-electron chi connectivity index (χ0n) is 11.0. The maximum Gasteiger partial charge on any atom is 0.0309 e. The first-order valence-electron chi connectivity index (χ1n) is 6.66. The highest BCUT2D eigenvalue weighted by Gasteiger charge is 2.40. The predicted octanol–water partition coefficient (Wildman–Crippen LogP) is 2.34. The normalized spacial score (nSPS) is 32.1. The Morgan fingerprint density at radius 2 is 2.12 bits per heavy atom. The van der Waals surface area contributed by atoms with Gasteiger partial charge in [0, 0.05) is 36.5 Å². The van der Waals surface area contributed by atoms with Crippen LogP contribution >= 0.6 is 11.8 Å². The van der Waals surface area contributed by atoms with Crippen LogP contribution in [0.3, 0.4) is 0 Å². The molecule has 94 valence electrons. The fourth-order valence-electron chi connectivity index (χ4n) is 3.36. The van der Waals surface area contributed by atoms with Crippen molar-refractivity contribution >= 4 is 11.8 Å². The van der Waals surface area contributed by atoms with E-state index in [-0.39, 0.29) is 0 Å². The highest BCUT2D eigenvalue weighted by atomic mass is 32.2. The Kier molecular flexibility index (Phi) is 4.20. The van der Waals surface area contributed by atoms with Crippen molar-refractivity contribution in [1.82, 2.24) is 10.2 Å². The second-order valence-corrected chi connectivity index (χ2v) is 6.60. The van der Waals surface area contributed by atoms with Gasteiger partial charge in [-0.3, -0.25) is 4.90 Å². The van der Waals surface area contributed by atoms with Crippen molar-refractivity contribution in [3.63, 3.8) is 0 Å². The van der Waals surface area contributed by atoms with Crippen molar-refractivity contribution in [3.8, 4) is 0 Å². The van der Waals surface area contributed by atoms with Crippen molar-refractivity contribution < 1.29 is 0 Å². The molecule has 2 unspecified atom stereocenters. The molecule has 0 radical (unpaired) electrons. The summed E-state index contributed by atoms with van der Waals surface area (Å²) in [6.07, 6.45) is 7.84. The van der Waals surface area contributed by atoms with Gasteiger partial charge < -0.3 is 5.32 Å². The summed E-state index contributed by atoms with van der Waals surface area (Å²) < 4.78 is 0. The lowest BCUT2D eigenvalue weighted by molar-refractivity contribution is 0.0646. The summed E-state index contributed by atoms with van der Waals surface area (Å²) >= 11 is 1.97. The molecule has 2 nitrogen and oxygen atoms in total. The molecule has 16 heavy (non-hydrogen) atoms. The molecule has 2 rings (SSSR count). The first-order chi connectivity index (χ1) is 7.67. The lowest BCUT2D eigenvalue weighted by atomic mass is 9.92. The van der Waals surface area contributed by atoms with E-state index in [9.17, 15) is 0 Å². The monoisotopic (exact) mass is 242 g/mol. The van der Waals surface area contributed by atoms with Crippen LogP contribution in [-0.4, -0.2) is 47.6 Å². The molecule has 2 fully saturated rings. The minimum atomic E-state index is 0.471. The Hall–Kier alpha value is 0.270. The lowest BCUT2D eigenvalue weighted by Gasteiger charge is -2.47. The van der Waals surface area contributed by atoms with Crippen LogP contribution in [-0.2, 0) is 0 Å². The second-order valence-electron chi connectivity index (χ2n) is 5.69. The fourth-order valence-corrected chi connectivity index (χ4v) is 4.03. The number of hydrogen-bond acceptors (Lipinski definition) is 3. The Balaban J connectivity index is 1.99. The van der Waals surface area contributed by atoms with Crippen molar-refractivity contribution in [2.75, 3.05) is 25.1 Å². The van der Waals surface area contributed by atoms with E-state index in [1.807, 2.05) is 11.8 Å². The largest absolute Gasteiger partial charge is 0.308 e.